The highest BCUT2D eigenvalue weighted by atomic mass is 19.1. The van der Waals surface area contributed by atoms with Gasteiger partial charge in [0.2, 0.25) is 5.91 Å². The molecule has 0 spiro atoms. The summed E-state index contributed by atoms with van der Waals surface area (Å²) in [5.41, 5.74) is 3.26. The van der Waals surface area contributed by atoms with Crippen molar-refractivity contribution in [2.45, 2.75) is 19.4 Å². The first-order valence-corrected chi connectivity index (χ1v) is 11.5. The zero-order chi connectivity index (χ0) is 24.9. The van der Waals surface area contributed by atoms with Crippen LogP contribution in [0.4, 0.5) is 4.39 Å². The van der Waals surface area contributed by atoms with Crippen LogP contribution in [-0.4, -0.2) is 44.0 Å². The van der Waals surface area contributed by atoms with Gasteiger partial charge in [0.05, 0.1) is 20.1 Å². The quantitative estimate of drug-likeness (QED) is 0.552. The van der Waals surface area contributed by atoms with Crippen molar-refractivity contribution in [3.05, 3.63) is 94.8 Å². The number of amides is 2. The summed E-state index contributed by atoms with van der Waals surface area (Å²) in [6.45, 7) is 2.87. The van der Waals surface area contributed by atoms with Gasteiger partial charge in [0.25, 0.3) is 5.91 Å². The van der Waals surface area contributed by atoms with Crippen molar-refractivity contribution in [3.63, 3.8) is 0 Å². The molecule has 182 valence electrons. The molecule has 1 saturated heterocycles. The van der Waals surface area contributed by atoms with Crippen LogP contribution in [0, 0.1) is 18.7 Å². The predicted molar refractivity (Wildman–Crippen MR) is 131 cm³/mol. The van der Waals surface area contributed by atoms with Gasteiger partial charge in [0.1, 0.15) is 5.82 Å². The first kappa shape index (κ1) is 24.3. The molecule has 0 bridgehead atoms. The summed E-state index contributed by atoms with van der Waals surface area (Å²) in [7, 11) is 3.13. The Morgan fingerprint density at radius 1 is 0.971 bits per heavy atom. The lowest BCUT2D eigenvalue weighted by Crippen LogP contribution is -2.35. The van der Waals surface area contributed by atoms with Gasteiger partial charge in [-0.2, -0.15) is 0 Å². The summed E-state index contributed by atoms with van der Waals surface area (Å²) in [5.74, 6) is -0.284. The van der Waals surface area contributed by atoms with Gasteiger partial charge in [-0.3, -0.25) is 9.59 Å². The molecule has 0 aliphatic carbocycles. The van der Waals surface area contributed by atoms with E-state index >= 15 is 0 Å². The van der Waals surface area contributed by atoms with E-state index in [0.717, 1.165) is 16.7 Å². The smallest absolute Gasteiger partial charge is 0.253 e. The van der Waals surface area contributed by atoms with Crippen LogP contribution in [0.1, 0.15) is 33.0 Å². The molecule has 35 heavy (non-hydrogen) atoms. The number of ether oxygens (including phenoxy) is 2. The minimum atomic E-state index is -0.495. The number of nitrogens with zero attached hydrogens (tertiary/aromatic N) is 1. The molecule has 0 radical (unpaired) electrons. The summed E-state index contributed by atoms with van der Waals surface area (Å²) in [6.07, 6.45) is 0. The van der Waals surface area contributed by atoms with Crippen LogP contribution in [0.5, 0.6) is 11.5 Å². The molecule has 2 amide bonds. The molecule has 7 heteroatoms. The number of benzene rings is 3. The minimum absolute atomic E-state index is 0.120. The average Bonchev–Trinajstić information content (AvgIpc) is 3.33. The first-order valence-electron chi connectivity index (χ1n) is 11.5. The summed E-state index contributed by atoms with van der Waals surface area (Å²) in [6, 6.07) is 19.0. The van der Waals surface area contributed by atoms with Crippen LogP contribution < -0.4 is 14.8 Å². The van der Waals surface area contributed by atoms with Gasteiger partial charge in [-0.05, 0) is 42.8 Å². The number of carbonyl (C=O) groups excluding carboxylic acids is 2. The lowest BCUT2D eigenvalue weighted by atomic mass is 9.87. The van der Waals surface area contributed by atoms with Crippen molar-refractivity contribution >= 4 is 11.8 Å². The van der Waals surface area contributed by atoms with Gasteiger partial charge in [-0.25, -0.2) is 4.39 Å². The largest absolute Gasteiger partial charge is 0.493 e. The fraction of sp³-hybridized carbons (Fsp3) is 0.286. The fourth-order valence-corrected chi connectivity index (χ4v) is 4.56. The molecule has 0 aromatic heterocycles. The Morgan fingerprint density at radius 2 is 1.69 bits per heavy atom. The van der Waals surface area contributed by atoms with Gasteiger partial charge in [-0.15, -0.1) is 0 Å². The number of methoxy groups -OCH3 is 2. The SMILES string of the molecule is COc1cccc([C@@H]2CN(C(=O)c3ccc(C)cc3)C[C@@H]2C(=O)NCc2ccc(F)cc2)c1OC. The van der Waals surface area contributed by atoms with Crippen molar-refractivity contribution in [2.24, 2.45) is 5.92 Å². The van der Waals surface area contributed by atoms with Crippen LogP contribution >= 0.6 is 0 Å². The van der Waals surface area contributed by atoms with Crippen LogP contribution in [0.25, 0.3) is 0 Å². The van der Waals surface area contributed by atoms with Crippen molar-refractivity contribution in [1.82, 2.24) is 10.2 Å². The summed E-state index contributed by atoms with van der Waals surface area (Å²) >= 11 is 0. The number of para-hydroxylation sites is 1. The second-order valence-electron chi connectivity index (χ2n) is 8.72. The van der Waals surface area contributed by atoms with E-state index in [9.17, 15) is 14.0 Å². The number of carbonyl (C=O) groups is 2. The van der Waals surface area contributed by atoms with E-state index in [-0.39, 0.29) is 36.6 Å². The third-order valence-electron chi connectivity index (χ3n) is 6.46. The van der Waals surface area contributed by atoms with Crippen LogP contribution in [0.3, 0.4) is 0 Å². The van der Waals surface area contributed by atoms with Gasteiger partial charge in [-0.1, -0.05) is 42.0 Å². The number of rotatable bonds is 7. The monoisotopic (exact) mass is 476 g/mol. The average molecular weight is 477 g/mol. The summed E-state index contributed by atoms with van der Waals surface area (Å²) in [4.78, 5) is 28.4. The van der Waals surface area contributed by atoms with E-state index < -0.39 is 5.92 Å². The van der Waals surface area contributed by atoms with Crippen molar-refractivity contribution in [1.29, 1.82) is 0 Å². The Morgan fingerprint density at radius 3 is 2.34 bits per heavy atom. The van der Waals surface area contributed by atoms with Crippen LogP contribution in [-0.2, 0) is 11.3 Å². The van der Waals surface area contributed by atoms with E-state index in [4.69, 9.17) is 9.47 Å². The molecule has 0 unspecified atom stereocenters. The number of nitrogens with one attached hydrogen (secondary N) is 1. The Bertz CT molecular complexity index is 1190. The molecule has 3 aromatic carbocycles. The van der Waals surface area contributed by atoms with Gasteiger partial charge < -0.3 is 19.7 Å². The summed E-state index contributed by atoms with van der Waals surface area (Å²) < 4.78 is 24.3. The molecule has 4 rings (SSSR count). The molecule has 1 fully saturated rings. The van der Waals surface area contributed by atoms with E-state index in [1.54, 1.807) is 49.5 Å². The van der Waals surface area contributed by atoms with Crippen molar-refractivity contribution < 1.29 is 23.5 Å². The molecule has 1 N–H and O–H groups in total. The standard InChI is InChI=1S/C28H29FN2O4/c1-18-7-11-20(12-8-18)28(33)31-16-23(22-5-4-6-25(34-2)26(22)35-3)24(17-31)27(32)30-15-19-9-13-21(29)14-10-19/h4-14,23-24H,15-17H2,1-3H3,(H,30,32)/t23-,24-/m0/s1. The third kappa shape index (κ3) is 5.29. The number of likely N-dealkylation sites (tertiary alicyclic amines) is 1. The Labute approximate surface area is 204 Å². The lowest BCUT2D eigenvalue weighted by Gasteiger charge is -2.21. The predicted octanol–water partition coefficient (Wildman–Crippen LogP) is 4.32. The maximum Gasteiger partial charge on any atom is 0.253 e. The molecule has 1 aliphatic rings. The molecular formula is C28H29FN2O4. The molecule has 6 nitrogen and oxygen atoms in total. The number of hydrogen-bond acceptors (Lipinski definition) is 4. The zero-order valence-electron chi connectivity index (χ0n) is 20.1. The topological polar surface area (TPSA) is 67.9 Å². The van der Waals surface area contributed by atoms with Crippen LogP contribution in [0.2, 0.25) is 0 Å². The second kappa shape index (κ2) is 10.6. The number of hydrogen-bond donors (Lipinski definition) is 1. The van der Waals surface area contributed by atoms with Gasteiger partial charge in [0, 0.05) is 36.7 Å². The highest BCUT2D eigenvalue weighted by Gasteiger charge is 2.42. The molecule has 2 atom stereocenters. The highest BCUT2D eigenvalue weighted by Crippen LogP contribution is 2.42. The van der Waals surface area contributed by atoms with Crippen molar-refractivity contribution in [3.8, 4) is 11.5 Å². The Kier molecular flexibility index (Phi) is 7.34. The Balaban J connectivity index is 1.61. The molecular weight excluding hydrogens is 447 g/mol. The highest BCUT2D eigenvalue weighted by molar-refractivity contribution is 5.95. The minimum Gasteiger partial charge on any atom is -0.493 e. The lowest BCUT2D eigenvalue weighted by molar-refractivity contribution is -0.125. The van der Waals surface area contributed by atoms with Gasteiger partial charge in [0.15, 0.2) is 11.5 Å². The Hall–Kier alpha value is -3.87. The van der Waals surface area contributed by atoms with E-state index in [1.807, 2.05) is 31.2 Å². The van der Waals surface area contributed by atoms with E-state index in [2.05, 4.69) is 5.32 Å². The fourth-order valence-electron chi connectivity index (χ4n) is 4.56. The number of aryl methyl sites for hydroxylation is 1. The van der Waals surface area contributed by atoms with Crippen LogP contribution in [0.15, 0.2) is 66.7 Å². The maximum absolute atomic E-state index is 13.4. The van der Waals surface area contributed by atoms with E-state index in [1.165, 1.54) is 12.1 Å². The number of halogens is 1. The second-order valence-corrected chi connectivity index (χ2v) is 8.72. The van der Waals surface area contributed by atoms with Crippen molar-refractivity contribution in [2.75, 3.05) is 27.3 Å². The first-order chi connectivity index (χ1) is 16.9. The zero-order valence-corrected chi connectivity index (χ0v) is 20.1. The van der Waals surface area contributed by atoms with Gasteiger partial charge >= 0.3 is 0 Å². The normalized spacial score (nSPS) is 17.2. The maximum atomic E-state index is 13.4. The molecule has 3 aromatic rings. The third-order valence-corrected chi connectivity index (χ3v) is 6.46. The molecule has 1 heterocycles. The van der Waals surface area contributed by atoms with E-state index in [0.29, 0.717) is 23.6 Å². The molecule has 0 saturated carbocycles. The summed E-state index contributed by atoms with van der Waals surface area (Å²) in [5, 5.41) is 2.96. The molecule has 1 aliphatic heterocycles.